The van der Waals surface area contributed by atoms with Crippen LogP contribution < -0.4 is 16.0 Å². The lowest BCUT2D eigenvalue weighted by Crippen LogP contribution is -2.50. The fraction of sp³-hybridized carbons (Fsp3) is 0.800. The van der Waals surface area contributed by atoms with Gasteiger partial charge in [0.25, 0.3) is 0 Å². The van der Waals surface area contributed by atoms with E-state index < -0.39 is 0 Å². The first-order valence-corrected chi connectivity index (χ1v) is 12.3. The van der Waals surface area contributed by atoms with Crippen LogP contribution in [0, 0.1) is 6.92 Å². The maximum atomic E-state index is 11.9. The topological polar surface area (TPSA) is 99.5 Å². The molecule has 31 heavy (non-hydrogen) atoms. The lowest BCUT2D eigenvalue weighted by atomic mass is 10.1. The van der Waals surface area contributed by atoms with Gasteiger partial charge in [-0.1, -0.05) is 6.92 Å². The largest absolute Gasteiger partial charge is 0.356 e. The van der Waals surface area contributed by atoms with E-state index in [0.717, 1.165) is 75.2 Å². The van der Waals surface area contributed by atoms with E-state index in [9.17, 15) is 4.79 Å². The minimum Gasteiger partial charge on any atom is -0.356 e. The number of rotatable bonds is 11. The van der Waals surface area contributed by atoms with E-state index in [-0.39, 0.29) is 29.9 Å². The summed E-state index contributed by atoms with van der Waals surface area (Å²) in [5.41, 5.74) is 0. The minimum atomic E-state index is 0. The summed E-state index contributed by atoms with van der Waals surface area (Å²) in [6.45, 7) is 8.47. The van der Waals surface area contributed by atoms with Gasteiger partial charge in [0.2, 0.25) is 5.91 Å². The highest BCUT2D eigenvalue weighted by atomic mass is 127. The summed E-state index contributed by atoms with van der Waals surface area (Å²) in [6, 6.07) is 0.355. The Balaban J connectivity index is 0.00000480. The summed E-state index contributed by atoms with van der Waals surface area (Å²) in [5.74, 6) is 3.82. The number of piperidine rings is 1. The Morgan fingerprint density at radius 3 is 2.58 bits per heavy atom. The number of thioether (sulfide) groups is 1. The van der Waals surface area contributed by atoms with Crippen LogP contribution in [0.1, 0.15) is 44.3 Å². The molecule has 0 aromatic carbocycles. The zero-order valence-electron chi connectivity index (χ0n) is 19.3. The molecule has 9 nitrogen and oxygen atoms in total. The maximum absolute atomic E-state index is 11.9. The van der Waals surface area contributed by atoms with E-state index in [0.29, 0.717) is 19.1 Å². The van der Waals surface area contributed by atoms with Crippen LogP contribution in [0.3, 0.4) is 0 Å². The van der Waals surface area contributed by atoms with E-state index in [1.54, 1.807) is 0 Å². The van der Waals surface area contributed by atoms with E-state index >= 15 is 0 Å². The molecular formula is C20H39IN8OS. The summed E-state index contributed by atoms with van der Waals surface area (Å²) >= 11 is 1.85. The van der Waals surface area contributed by atoms with Crippen molar-refractivity contribution in [3.8, 4) is 0 Å². The number of carbonyl (C=O) groups is 1. The van der Waals surface area contributed by atoms with Gasteiger partial charge in [-0.25, -0.2) is 4.99 Å². The van der Waals surface area contributed by atoms with Gasteiger partial charge in [-0.05, 0) is 44.6 Å². The number of aliphatic imine (C=N–C) groups is 1. The van der Waals surface area contributed by atoms with Gasteiger partial charge in [0.05, 0.1) is 6.54 Å². The molecular weight excluding hydrogens is 527 g/mol. The molecule has 2 heterocycles. The smallest absolute Gasteiger partial charge is 0.234 e. The second-order valence-corrected chi connectivity index (χ2v) is 8.69. The molecule has 11 heteroatoms. The van der Waals surface area contributed by atoms with Crippen LogP contribution in [0.5, 0.6) is 0 Å². The molecule has 2 rings (SSSR count). The molecule has 0 atom stereocenters. The monoisotopic (exact) mass is 566 g/mol. The van der Waals surface area contributed by atoms with Gasteiger partial charge in [-0.3, -0.25) is 9.69 Å². The van der Waals surface area contributed by atoms with Crippen molar-refractivity contribution in [2.24, 2.45) is 12.0 Å². The third-order valence-corrected chi connectivity index (χ3v) is 5.94. The molecule has 0 unspecified atom stereocenters. The normalized spacial score (nSPS) is 15.4. The van der Waals surface area contributed by atoms with Gasteiger partial charge in [0.1, 0.15) is 12.4 Å². The van der Waals surface area contributed by atoms with Crippen LogP contribution in [-0.2, 0) is 18.4 Å². The molecule has 1 fully saturated rings. The lowest BCUT2D eigenvalue weighted by molar-refractivity contribution is -0.122. The molecule has 1 aliphatic heterocycles. The standard InChI is InChI=1S/C20H38N8OS.HI/c1-5-9-21-19(29)15-28-11-7-17(8-12-28)24-20(22-10-6-13-30-4)23-14-18-26-25-16(2)27(18)3;/h17H,5-15H2,1-4H3,(H,21,29)(H2,22,23,24);1H. The number of halogens is 1. The summed E-state index contributed by atoms with van der Waals surface area (Å²) in [4.78, 5) is 18.9. The minimum absolute atomic E-state index is 0. The molecule has 0 spiro atoms. The van der Waals surface area contributed by atoms with Gasteiger partial charge >= 0.3 is 0 Å². The molecule has 1 saturated heterocycles. The average molecular weight is 567 g/mol. The first-order chi connectivity index (χ1) is 14.5. The van der Waals surface area contributed by atoms with E-state index in [2.05, 4.69) is 44.2 Å². The quantitative estimate of drug-likeness (QED) is 0.162. The number of carbonyl (C=O) groups excluding carboxylic acids is 1. The van der Waals surface area contributed by atoms with Crippen molar-refractivity contribution < 1.29 is 4.79 Å². The molecule has 0 aliphatic carbocycles. The second-order valence-electron chi connectivity index (χ2n) is 7.71. The average Bonchev–Trinajstić information content (AvgIpc) is 3.06. The first kappa shape index (κ1) is 28.0. The van der Waals surface area contributed by atoms with Crippen molar-refractivity contribution in [1.82, 2.24) is 35.6 Å². The Morgan fingerprint density at radius 2 is 1.97 bits per heavy atom. The predicted molar refractivity (Wildman–Crippen MR) is 139 cm³/mol. The molecule has 1 aromatic heterocycles. The number of nitrogens with zero attached hydrogens (tertiary/aromatic N) is 5. The Labute approximate surface area is 208 Å². The Kier molecular flexibility index (Phi) is 14.1. The number of hydrogen-bond acceptors (Lipinski definition) is 6. The Bertz CT molecular complexity index is 676. The van der Waals surface area contributed by atoms with Crippen LogP contribution in [0.25, 0.3) is 0 Å². The first-order valence-electron chi connectivity index (χ1n) is 10.9. The lowest BCUT2D eigenvalue weighted by Gasteiger charge is -2.32. The summed E-state index contributed by atoms with van der Waals surface area (Å²) in [6.07, 6.45) is 6.18. The molecule has 0 bridgehead atoms. The number of nitrogens with one attached hydrogen (secondary N) is 3. The zero-order chi connectivity index (χ0) is 21.8. The van der Waals surface area contributed by atoms with Gasteiger partial charge in [-0.2, -0.15) is 11.8 Å². The van der Waals surface area contributed by atoms with Crippen molar-refractivity contribution in [3.63, 3.8) is 0 Å². The zero-order valence-corrected chi connectivity index (χ0v) is 22.5. The highest BCUT2D eigenvalue weighted by Gasteiger charge is 2.21. The van der Waals surface area contributed by atoms with Crippen molar-refractivity contribution >= 4 is 47.6 Å². The van der Waals surface area contributed by atoms with E-state index in [1.807, 2.05) is 30.3 Å². The van der Waals surface area contributed by atoms with E-state index in [1.165, 1.54) is 0 Å². The fourth-order valence-corrected chi connectivity index (χ4v) is 3.70. The number of guanidine groups is 1. The van der Waals surface area contributed by atoms with E-state index in [4.69, 9.17) is 4.99 Å². The van der Waals surface area contributed by atoms with Crippen molar-refractivity contribution in [3.05, 3.63) is 11.6 Å². The van der Waals surface area contributed by atoms with Crippen LogP contribution in [0.15, 0.2) is 4.99 Å². The molecule has 0 radical (unpaired) electrons. The second kappa shape index (κ2) is 15.7. The van der Waals surface area contributed by atoms with Crippen LogP contribution >= 0.6 is 35.7 Å². The van der Waals surface area contributed by atoms with Gasteiger partial charge in [0.15, 0.2) is 11.8 Å². The molecule has 1 aromatic rings. The van der Waals surface area contributed by atoms with Crippen molar-refractivity contribution in [1.29, 1.82) is 0 Å². The van der Waals surface area contributed by atoms with Crippen molar-refractivity contribution in [2.75, 3.05) is 44.7 Å². The maximum Gasteiger partial charge on any atom is 0.234 e. The van der Waals surface area contributed by atoms with Crippen LogP contribution in [-0.4, -0.2) is 82.3 Å². The number of likely N-dealkylation sites (tertiary alicyclic amines) is 1. The molecule has 1 aliphatic rings. The Hall–Kier alpha value is -1.08. The van der Waals surface area contributed by atoms with Crippen LogP contribution in [0.4, 0.5) is 0 Å². The third kappa shape index (κ3) is 10.4. The van der Waals surface area contributed by atoms with Gasteiger partial charge < -0.3 is 20.5 Å². The van der Waals surface area contributed by atoms with Crippen molar-refractivity contribution in [2.45, 2.75) is 52.1 Å². The van der Waals surface area contributed by atoms with Gasteiger partial charge in [0, 0.05) is 39.3 Å². The third-order valence-electron chi connectivity index (χ3n) is 5.25. The highest BCUT2D eigenvalue weighted by molar-refractivity contribution is 14.0. The highest BCUT2D eigenvalue weighted by Crippen LogP contribution is 2.10. The predicted octanol–water partition coefficient (Wildman–Crippen LogP) is 1.52. The summed E-state index contributed by atoms with van der Waals surface area (Å²) in [5, 5.41) is 18.3. The summed E-state index contributed by atoms with van der Waals surface area (Å²) < 4.78 is 1.97. The van der Waals surface area contributed by atoms with Crippen LogP contribution in [0.2, 0.25) is 0 Å². The molecule has 1 amide bonds. The number of aromatic nitrogens is 3. The number of hydrogen-bond donors (Lipinski definition) is 3. The Morgan fingerprint density at radius 1 is 1.23 bits per heavy atom. The number of aryl methyl sites for hydroxylation is 1. The summed E-state index contributed by atoms with van der Waals surface area (Å²) in [7, 11) is 1.96. The fourth-order valence-electron chi connectivity index (χ4n) is 3.27. The molecule has 3 N–H and O–H groups in total. The number of amides is 1. The van der Waals surface area contributed by atoms with Gasteiger partial charge in [-0.15, -0.1) is 34.2 Å². The SMILES string of the molecule is CCCNC(=O)CN1CCC(NC(=NCc2nnc(C)n2C)NCCCSC)CC1.I. The molecule has 0 saturated carbocycles. The molecule has 178 valence electrons.